The van der Waals surface area contributed by atoms with Crippen LogP contribution in [0.15, 0.2) is 187 Å². The van der Waals surface area contributed by atoms with Crippen molar-refractivity contribution in [1.29, 1.82) is 0 Å². The van der Waals surface area contributed by atoms with E-state index in [0.29, 0.717) is 5.71 Å². The smallest absolute Gasteiger partial charge is 0.246 e. The van der Waals surface area contributed by atoms with E-state index in [-0.39, 0.29) is 0 Å². The number of aromatic nitrogens is 4. The molecule has 0 unspecified atom stereocenters. The highest BCUT2D eigenvalue weighted by molar-refractivity contribution is 6.14. The maximum Gasteiger partial charge on any atom is 0.246 e. The van der Waals surface area contributed by atoms with Crippen molar-refractivity contribution < 1.29 is 4.42 Å². The maximum atomic E-state index is 6.26. The van der Waals surface area contributed by atoms with Gasteiger partial charge in [-0.1, -0.05) is 109 Å². The number of rotatable bonds is 4. The van der Waals surface area contributed by atoms with Crippen LogP contribution >= 0.6 is 0 Å². The van der Waals surface area contributed by atoms with E-state index in [0.717, 1.165) is 60.9 Å². The number of para-hydroxylation sites is 3. The summed E-state index contributed by atoms with van der Waals surface area (Å²) in [4.78, 5) is 9.87. The summed E-state index contributed by atoms with van der Waals surface area (Å²) in [5.74, 6) is 0. The van der Waals surface area contributed by atoms with Gasteiger partial charge in [-0.3, -0.25) is 0 Å². The van der Waals surface area contributed by atoms with E-state index in [2.05, 4.69) is 173 Å². The van der Waals surface area contributed by atoms with Crippen LogP contribution < -0.4 is 0 Å². The molecule has 256 valence electrons. The summed E-state index contributed by atoms with van der Waals surface area (Å²) < 4.78 is 11.0. The lowest BCUT2D eigenvalue weighted by Gasteiger charge is -2.11. The van der Waals surface area contributed by atoms with Crippen molar-refractivity contribution in [3.63, 3.8) is 0 Å². The minimum atomic E-state index is 0.547. The van der Waals surface area contributed by atoms with E-state index in [1.54, 1.807) is 0 Å². The molecule has 0 saturated heterocycles. The van der Waals surface area contributed by atoms with Gasteiger partial charge in [-0.15, -0.1) is 0 Å². The predicted octanol–water partition coefficient (Wildman–Crippen LogP) is 13.1. The van der Waals surface area contributed by atoms with Crippen molar-refractivity contribution >= 4 is 76.6 Å². The molecular formula is C50H30N4O. The van der Waals surface area contributed by atoms with E-state index in [1.807, 2.05) is 18.3 Å². The average Bonchev–Trinajstić information content (AvgIpc) is 3.91. The topological polar surface area (TPSA) is 48.8 Å². The van der Waals surface area contributed by atoms with Gasteiger partial charge < -0.3 is 13.6 Å². The molecule has 0 aliphatic heterocycles. The molecule has 4 heterocycles. The predicted molar refractivity (Wildman–Crippen MR) is 226 cm³/mol. The van der Waals surface area contributed by atoms with Gasteiger partial charge in [-0.25, -0.2) is 9.97 Å². The van der Waals surface area contributed by atoms with Crippen molar-refractivity contribution in [1.82, 2.24) is 19.1 Å². The van der Waals surface area contributed by atoms with Crippen molar-refractivity contribution in [2.24, 2.45) is 0 Å². The normalized spacial score (nSPS) is 12.0. The quantitative estimate of drug-likeness (QED) is 0.183. The molecule has 0 radical (unpaired) electrons. The summed E-state index contributed by atoms with van der Waals surface area (Å²) in [5, 5.41) is 8.09. The first-order valence-electron chi connectivity index (χ1n) is 18.6. The lowest BCUT2D eigenvalue weighted by molar-refractivity contribution is 0.656. The molecule has 0 N–H and O–H groups in total. The zero-order valence-electron chi connectivity index (χ0n) is 29.5. The summed E-state index contributed by atoms with van der Waals surface area (Å²) in [7, 11) is 0. The molecule has 12 rings (SSSR count). The molecule has 0 atom stereocenters. The Labute approximate surface area is 315 Å². The molecule has 0 spiro atoms. The van der Waals surface area contributed by atoms with Gasteiger partial charge in [0.1, 0.15) is 11.1 Å². The molecule has 0 aliphatic carbocycles. The van der Waals surface area contributed by atoms with Gasteiger partial charge in [-0.2, -0.15) is 0 Å². The fourth-order valence-corrected chi connectivity index (χ4v) is 8.65. The van der Waals surface area contributed by atoms with Gasteiger partial charge in [0.2, 0.25) is 5.71 Å². The zero-order chi connectivity index (χ0) is 36.0. The summed E-state index contributed by atoms with van der Waals surface area (Å²) >= 11 is 0. The average molecular weight is 703 g/mol. The Kier molecular flexibility index (Phi) is 6.27. The maximum absolute atomic E-state index is 6.26. The Bertz CT molecular complexity index is 3500. The molecule has 0 aliphatic rings. The third-order valence-corrected chi connectivity index (χ3v) is 11.2. The van der Waals surface area contributed by atoms with E-state index in [9.17, 15) is 0 Å². The van der Waals surface area contributed by atoms with Crippen LogP contribution in [0.25, 0.3) is 110 Å². The number of fused-ring (bicyclic) bond motifs is 11. The molecule has 8 aromatic carbocycles. The number of benzene rings is 8. The number of hydrogen-bond acceptors (Lipinski definition) is 3. The van der Waals surface area contributed by atoms with Crippen LogP contribution in [0.1, 0.15) is 0 Å². The van der Waals surface area contributed by atoms with Crippen LogP contribution in [0, 0.1) is 0 Å². The Hall–Kier alpha value is -7.50. The molecule has 0 fully saturated rings. The molecule has 5 heteroatoms. The first-order chi connectivity index (χ1) is 27.3. The van der Waals surface area contributed by atoms with E-state index < -0.39 is 0 Å². The summed E-state index contributed by atoms with van der Waals surface area (Å²) in [5.41, 5.74) is 13.3. The van der Waals surface area contributed by atoms with Crippen LogP contribution in [0.3, 0.4) is 0 Å². The second kappa shape index (κ2) is 11.5. The third kappa shape index (κ3) is 4.47. The van der Waals surface area contributed by atoms with Crippen molar-refractivity contribution in [3.8, 4) is 33.8 Å². The highest BCUT2D eigenvalue weighted by Crippen LogP contribution is 2.39. The van der Waals surface area contributed by atoms with Gasteiger partial charge in [0.25, 0.3) is 0 Å². The number of furan rings is 1. The summed E-state index contributed by atoms with van der Waals surface area (Å²) in [6, 6.07) is 62.8. The van der Waals surface area contributed by atoms with Crippen LogP contribution in [0.4, 0.5) is 0 Å². The molecule has 5 nitrogen and oxygen atoms in total. The number of nitrogens with zero attached hydrogens (tertiary/aromatic N) is 4. The monoisotopic (exact) mass is 702 g/mol. The van der Waals surface area contributed by atoms with Gasteiger partial charge in [0, 0.05) is 49.3 Å². The molecule has 12 aromatic rings. The van der Waals surface area contributed by atoms with Crippen molar-refractivity contribution in [3.05, 3.63) is 182 Å². The Balaban J connectivity index is 0.987. The third-order valence-electron chi connectivity index (χ3n) is 11.2. The first-order valence-corrected chi connectivity index (χ1v) is 18.6. The molecule has 0 bridgehead atoms. The van der Waals surface area contributed by atoms with Crippen molar-refractivity contribution in [2.75, 3.05) is 0 Å². The first kappa shape index (κ1) is 30.0. The van der Waals surface area contributed by atoms with Crippen LogP contribution in [-0.4, -0.2) is 19.1 Å². The lowest BCUT2D eigenvalue weighted by atomic mass is 10.0. The second-order valence-corrected chi connectivity index (χ2v) is 14.2. The van der Waals surface area contributed by atoms with Gasteiger partial charge in [0.05, 0.1) is 34.0 Å². The fraction of sp³-hybridized carbons (Fsp3) is 0. The minimum Gasteiger partial charge on any atom is -0.436 e. The minimum absolute atomic E-state index is 0.547. The van der Waals surface area contributed by atoms with Gasteiger partial charge >= 0.3 is 0 Å². The number of hydrogen-bond donors (Lipinski definition) is 0. The highest BCUT2D eigenvalue weighted by Gasteiger charge is 2.18. The Morgan fingerprint density at radius 2 is 1.00 bits per heavy atom. The Morgan fingerprint density at radius 1 is 0.400 bits per heavy atom. The van der Waals surface area contributed by atoms with E-state index in [1.165, 1.54) is 43.7 Å². The zero-order valence-corrected chi connectivity index (χ0v) is 29.5. The van der Waals surface area contributed by atoms with Crippen LogP contribution in [0.5, 0.6) is 0 Å². The molecule has 0 amide bonds. The second-order valence-electron chi connectivity index (χ2n) is 14.2. The van der Waals surface area contributed by atoms with Crippen LogP contribution in [-0.2, 0) is 0 Å². The van der Waals surface area contributed by atoms with Crippen molar-refractivity contribution in [2.45, 2.75) is 0 Å². The standard InChI is InChI=1S/C50H30N4O/c1-2-13-35(14-3-1)53-44-19-8-6-17-38(44)41-28-32(22-25-46(41)53)33-23-26-47-42(29-33)39-18-7-9-20-45(39)54(47)36-15-10-12-34(27-36)43-30-51-50-48(52-43)40-24-21-31-11-4-5-16-37(31)49(40)55-50/h1-30H. The van der Waals surface area contributed by atoms with Gasteiger partial charge in [-0.05, 0) is 83.2 Å². The van der Waals surface area contributed by atoms with Gasteiger partial charge in [0.15, 0.2) is 0 Å². The van der Waals surface area contributed by atoms with E-state index in [4.69, 9.17) is 14.4 Å². The lowest BCUT2D eigenvalue weighted by Crippen LogP contribution is -1.95. The molecule has 0 saturated carbocycles. The van der Waals surface area contributed by atoms with E-state index >= 15 is 0 Å². The summed E-state index contributed by atoms with van der Waals surface area (Å²) in [6.45, 7) is 0. The fourth-order valence-electron chi connectivity index (χ4n) is 8.65. The molecular weight excluding hydrogens is 673 g/mol. The molecule has 4 aromatic heterocycles. The largest absolute Gasteiger partial charge is 0.436 e. The molecule has 55 heavy (non-hydrogen) atoms. The highest BCUT2D eigenvalue weighted by atomic mass is 16.3. The SMILES string of the molecule is c1ccc(-n2c3ccccc3c3cc(-c4ccc5c(c4)c4ccccc4n5-c4cccc(-c5cnc6oc7c8ccccc8ccc7c6n5)c4)ccc32)cc1. The van der Waals surface area contributed by atoms with Crippen LogP contribution in [0.2, 0.25) is 0 Å². The Morgan fingerprint density at radius 3 is 1.73 bits per heavy atom. The summed E-state index contributed by atoms with van der Waals surface area (Å²) in [6.07, 6.45) is 1.82.